The maximum absolute atomic E-state index is 4.31. The van der Waals surface area contributed by atoms with Gasteiger partial charge in [-0.05, 0) is 49.7 Å². The molecular weight excluding hydrogens is 298 g/mol. The van der Waals surface area contributed by atoms with Gasteiger partial charge >= 0.3 is 0 Å². The number of hydrogen-bond acceptors (Lipinski definition) is 5. The van der Waals surface area contributed by atoms with Crippen molar-refractivity contribution in [1.29, 1.82) is 0 Å². The van der Waals surface area contributed by atoms with E-state index >= 15 is 0 Å². The van der Waals surface area contributed by atoms with Crippen LogP contribution in [0.25, 0.3) is 0 Å². The Hall–Kier alpha value is -0.780. The number of aromatic nitrogens is 2. The zero-order valence-corrected chi connectivity index (χ0v) is 14.6. The molecule has 0 fully saturated rings. The number of thiophene rings is 1. The Balaban J connectivity index is 1.60. The Kier molecular flexibility index (Phi) is 7.33. The van der Waals surface area contributed by atoms with Gasteiger partial charge in [-0.25, -0.2) is 0 Å². The highest BCUT2D eigenvalue weighted by Gasteiger charge is 2.04. The zero-order chi connectivity index (χ0) is 14.9. The van der Waals surface area contributed by atoms with E-state index in [0.29, 0.717) is 0 Å². The van der Waals surface area contributed by atoms with E-state index in [9.17, 15) is 0 Å². The monoisotopic (exact) mass is 323 g/mol. The Morgan fingerprint density at radius 1 is 1.10 bits per heavy atom. The van der Waals surface area contributed by atoms with Crippen LogP contribution in [0.1, 0.15) is 41.6 Å². The minimum Gasteiger partial charge on any atom is -0.316 e. The van der Waals surface area contributed by atoms with Gasteiger partial charge in [0.1, 0.15) is 10.0 Å². The smallest absolute Gasteiger partial charge is 0.117 e. The summed E-state index contributed by atoms with van der Waals surface area (Å²) >= 11 is 3.63. The summed E-state index contributed by atoms with van der Waals surface area (Å²) in [6.45, 7) is 6.65. The van der Waals surface area contributed by atoms with Crippen molar-refractivity contribution in [1.82, 2.24) is 15.5 Å². The molecule has 5 heteroatoms. The Bertz CT molecular complexity index is 491. The maximum atomic E-state index is 4.31. The van der Waals surface area contributed by atoms with Crippen molar-refractivity contribution in [2.45, 2.75) is 46.0 Å². The van der Waals surface area contributed by atoms with E-state index < -0.39 is 0 Å². The lowest BCUT2D eigenvalue weighted by molar-refractivity contribution is 0.542. The van der Waals surface area contributed by atoms with Crippen LogP contribution in [-0.2, 0) is 19.3 Å². The van der Waals surface area contributed by atoms with Gasteiger partial charge in [0.15, 0.2) is 0 Å². The van der Waals surface area contributed by atoms with E-state index in [1.54, 1.807) is 11.3 Å². The fourth-order valence-corrected chi connectivity index (χ4v) is 3.79. The first-order valence-corrected chi connectivity index (χ1v) is 9.48. The molecule has 2 aromatic heterocycles. The van der Waals surface area contributed by atoms with Gasteiger partial charge < -0.3 is 5.32 Å². The molecule has 0 aliphatic carbocycles. The van der Waals surface area contributed by atoms with Gasteiger partial charge in [0.2, 0.25) is 0 Å². The quantitative estimate of drug-likeness (QED) is 0.673. The number of rotatable bonds is 10. The molecule has 0 aromatic carbocycles. The van der Waals surface area contributed by atoms with Crippen molar-refractivity contribution in [3.05, 3.63) is 32.4 Å². The molecule has 0 aliphatic rings. The fraction of sp³-hybridized carbons (Fsp3) is 0.625. The molecule has 0 saturated heterocycles. The third-order valence-corrected chi connectivity index (χ3v) is 5.18. The van der Waals surface area contributed by atoms with Crippen LogP contribution in [0.3, 0.4) is 0 Å². The van der Waals surface area contributed by atoms with E-state index in [1.165, 1.54) is 21.3 Å². The van der Waals surface area contributed by atoms with Crippen LogP contribution in [0, 0.1) is 5.92 Å². The van der Waals surface area contributed by atoms with Crippen LogP contribution in [0.4, 0.5) is 0 Å². The molecule has 0 spiro atoms. The average Bonchev–Trinajstić information content (AvgIpc) is 3.10. The standard InChI is InChI=1S/C16H25N3S2/c1-13(2)12-17-10-4-9-16-19-18-15(21-16)8-3-6-14-7-5-11-20-14/h5,7,11,13,17H,3-4,6,8-10,12H2,1-2H3. The lowest BCUT2D eigenvalue weighted by atomic mass is 10.2. The van der Waals surface area contributed by atoms with Gasteiger partial charge in [0, 0.05) is 17.7 Å². The maximum Gasteiger partial charge on any atom is 0.117 e. The van der Waals surface area contributed by atoms with Gasteiger partial charge in [-0.1, -0.05) is 19.9 Å². The van der Waals surface area contributed by atoms with E-state index in [0.717, 1.165) is 44.7 Å². The molecular formula is C16H25N3S2. The average molecular weight is 324 g/mol. The molecule has 0 radical (unpaired) electrons. The summed E-state index contributed by atoms with van der Waals surface area (Å²) in [4.78, 5) is 1.47. The molecule has 0 atom stereocenters. The topological polar surface area (TPSA) is 37.8 Å². The molecule has 2 rings (SSSR count). The van der Waals surface area contributed by atoms with E-state index in [2.05, 4.69) is 46.9 Å². The summed E-state index contributed by atoms with van der Waals surface area (Å²) in [7, 11) is 0. The van der Waals surface area contributed by atoms with Crippen molar-refractivity contribution in [3.63, 3.8) is 0 Å². The Morgan fingerprint density at radius 3 is 2.52 bits per heavy atom. The third kappa shape index (κ3) is 6.68. The summed E-state index contributed by atoms with van der Waals surface area (Å²) < 4.78 is 0. The first kappa shape index (κ1) is 16.6. The molecule has 0 unspecified atom stereocenters. The molecule has 2 aromatic rings. The molecule has 0 aliphatic heterocycles. The summed E-state index contributed by atoms with van der Waals surface area (Å²) in [6, 6.07) is 4.33. The second-order valence-corrected chi connectivity index (χ2v) is 7.90. The van der Waals surface area contributed by atoms with E-state index in [4.69, 9.17) is 0 Å². The van der Waals surface area contributed by atoms with Crippen LogP contribution >= 0.6 is 22.7 Å². The predicted molar refractivity (Wildman–Crippen MR) is 92.3 cm³/mol. The van der Waals surface area contributed by atoms with Crippen LogP contribution in [-0.4, -0.2) is 23.3 Å². The molecule has 1 N–H and O–H groups in total. The second kappa shape index (κ2) is 9.28. The third-order valence-electron chi connectivity index (χ3n) is 3.20. The fourth-order valence-electron chi connectivity index (χ4n) is 2.11. The number of aryl methyl sites for hydroxylation is 3. The molecule has 3 nitrogen and oxygen atoms in total. The Morgan fingerprint density at radius 2 is 1.86 bits per heavy atom. The van der Waals surface area contributed by atoms with Gasteiger partial charge in [-0.2, -0.15) is 0 Å². The molecule has 0 amide bonds. The van der Waals surface area contributed by atoms with Crippen molar-refractivity contribution >= 4 is 22.7 Å². The van der Waals surface area contributed by atoms with Crippen molar-refractivity contribution in [2.24, 2.45) is 5.92 Å². The van der Waals surface area contributed by atoms with Crippen molar-refractivity contribution in [3.8, 4) is 0 Å². The van der Waals surface area contributed by atoms with E-state index in [-0.39, 0.29) is 0 Å². The zero-order valence-electron chi connectivity index (χ0n) is 13.0. The summed E-state index contributed by atoms with van der Waals surface area (Å²) in [5.41, 5.74) is 0. The number of nitrogens with zero attached hydrogens (tertiary/aromatic N) is 2. The SMILES string of the molecule is CC(C)CNCCCc1nnc(CCCc2cccs2)s1. The summed E-state index contributed by atoms with van der Waals surface area (Å²) in [5.74, 6) is 0.724. The van der Waals surface area contributed by atoms with Crippen LogP contribution in [0.5, 0.6) is 0 Å². The molecule has 21 heavy (non-hydrogen) atoms. The van der Waals surface area contributed by atoms with Crippen LogP contribution < -0.4 is 5.32 Å². The minimum absolute atomic E-state index is 0.724. The van der Waals surface area contributed by atoms with Crippen LogP contribution in [0.2, 0.25) is 0 Å². The lowest BCUT2D eigenvalue weighted by Gasteiger charge is -2.05. The number of hydrogen-bond donors (Lipinski definition) is 1. The normalized spacial score (nSPS) is 11.4. The number of nitrogens with one attached hydrogen (secondary N) is 1. The second-order valence-electron chi connectivity index (χ2n) is 5.72. The van der Waals surface area contributed by atoms with E-state index in [1.807, 2.05) is 11.3 Å². The molecule has 2 heterocycles. The molecule has 0 saturated carbocycles. The summed E-state index contributed by atoms with van der Waals surface area (Å²) in [6.07, 6.45) is 5.59. The predicted octanol–water partition coefficient (Wildman–Crippen LogP) is 3.95. The van der Waals surface area contributed by atoms with Gasteiger partial charge in [-0.15, -0.1) is 32.9 Å². The lowest BCUT2D eigenvalue weighted by Crippen LogP contribution is -2.21. The molecule has 116 valence electrons. The van der Waals surface area contributed by atoms with Gasteiger partial charge in [-0.3, -0.25) is 0 Å². The first-order valence-electron chi connectivity index (χ1n) is 7.78. The minimum atomic E-state index is 0.724. The first-order chi connectivity index (χ1) is 10.2. The van der Waals surface area contributed by atoms with Gasteiger partial charge in [0.05, 0.1) is 0 Å². The Labute approximate surface area is 135 Å². The van der Waals surface area contributed by atoms with Crippen LogP contribution in [0.15, 0.2) is 17.5 Å². The summed E-state index contributed by atoms with van der Waals surface area (Å²) in [5, 5.41) is 16.6. The highest BCUT2D eigenvalue weighted by atomic mass is 32.1. The molecule has 0 bridgehead atoms. The van der Waals surface area contributed by atoms with Gasteiger partial charge in [0.25, 0.3) is 0 Å². The highest BCUT2D eigenvalue weighted by Crippen LogP contribution is 2.16. The van der Waals surface area contributed by atoms with Crippen molar-refractivity contribution in [2.75, 3.05) is 13.1 Å². The highest BCUT2D eigenvalue weighted by molar-refractivity contribution is 7.11. The largest absolute Gasteiger partial charge is 0.316 e. The van der Waals surface area contributed by atoms with Crippen molar-refractivity contribution < 1.29 is 0 Å².